The summed E-state index contributed by atoms with van der Waals surface area (Å²) in [6.07, 6.45) is 1.40. The second kappa shape index (κ2) is 9.61. The zero-order valence-corrected chi connectivity index (χ0v) is 16.2. The minimum Gasteiger partial charge on any atom is -0.435 e. The molecule has 0 aliphatic carbocycles. The lowest BCUT2D eigenvalue weighted by molar-refractivity contribution is -0.0498. The molecule has 0 aliphatic heterocycles. The summed E-state index contributed by atoms with van der Waals surface area (Å²) in [5.74, 6) is -0.307. The average molecular weight is 404 g/mol. The number of aromatic nitrogens is 3. The van der Waals surface area contributed by atoms with Gasteiger partial charge in [0.1, 0.15) is 5.75 Å². The highest BCUT2D eigenvalue weighted by Gasteiger charge is 2.29. The van der Waals surface area contributed by atoms with Crippen molar-refractivity contribution >= 4 is 18.3 Å². The van der Waals surface area contributed by atoms with Gasteiger partial charge in [0, 0.05) is 6.54 Å². The number of amides is 1. The van der Waals surface area contributed by atoms with E-state index >= 15 is 0 Å². The molecule has 0 unspecified atom stereocenters. The van der Waals surface area contributed by atoms with Gasteiger partial charge >= 0.3 is 6.61 Å². The third kappa shape index (κ3) is 5.14. The minimum atomic E-state index is -2.89. The molecule has 0 fully saturated rings. The average Bonchev–Trinajstić information content (AvgIpc) is 3.01. The van der Waals surface area contributed by atoms with Gasteiger partial charge in [-0.25, -0.2) is 4.68 Å². The van der Waals surface area contributed by atoms with Crippen LogP contribution in [0.15, 0.2) is 24.3 Å². The van der Waals surface area contributed by atoms with Crippen molar-refractivity contribution in [1.82, 2.24) is 20.3 Å². The molecule has 7 nitrogen and oxygen atoms in total. The summed E-state index contributed by atoms with van der Waals surface area (Å²) in [4.78, 5) is 12.6. The summed E-state index contributed by atoms with van der Waals surface area (Å²) in [5.41, 5.74) is 6.63. The van der Waals surface area contributed by atoms with Crippen LogP contribution in [0, 0.1) is 6.92 Å². The number of hydrogen-bond donors (Lipinski definition) is 2. The number of rotatable bonds is 8. The highest BCUT2D eigenvalue weighted by molar-refractivity contribution is 5.93. The summed E-state index contributed by atoms with van der Waals surface area (Å²) >= 11 is 0. The van der Waals surface area contributed by atoms with Crippen molar-refractivity contribution in [1.29, 1.82) is 0 Å². The van der Waals surface area contributed by atoms with Crippen molar-refractivity contribution < 1.29 is 18.3 Å². The minimum absolute atomic E-state index is 0. The summed E-state index contributed by atoms with van der Waals surface area (Å²) in [6.45, 7) is 3.07. The molecule has 1 amide bonds. The van der Waals surface area contributed by atoms with E-state index in [-0.39, 0.29) is 29.8 Å². The molecule has 150 valence electrons. The number of hydrogen-bond acceptors (Lipinski definition) is 5. The van der Waals surface area contributed by atoms with E-state index in [2.05, 4.69) is 20.4 Å². The Hall–Kier alpha value is -2.26. The van der Waals surface area contributed by atoms with E-state index in [1.807, 2.05) is 13.8 Å². The van der Waals surface area contributed by atoms with Crippen molar-refractivity contribution in [2.75, 3.05) is 6.54 Å². The number of halogens is 3. The van der Waals surface area contributed by atoms with Gasteiger partial charge in [-0.05, 0) is 44.0 Å². The maximum atomic E-state index is 12.6. The predicted molar refractivity (Wildman–Crippen MR) is 99.8 cm³/mol. The zero-order chi connectivity index (χ0) is 19.3. The van der Waals surface area contributed by atoms with Crippen LogP contribution in [-0.2, 0) is 0 Å². The fraction of sp³-hybridized carbons (Fsp3) is 0.471. The van der Waals surface area contributed by atoms with E-state index in [1.165, 1.54) is 16.8 Å². The van der Waals surface area contributed by atoms with Crippen LogP contribution in [-0.4, -0.2) is 39.6 Å². The number of alkyl halides is 2. The van der Waals surface area contributed by atoms with Crippen LogP contribution < -0.4 is 15.8 Å². The molecular formula is C17H24ClF2N5O2. The molecule has 1 heterocycles. The maximum Gasteiger partial charge on any atom is 0.387 e. The quantitative estimate of drug-likeness (QED) is 0.706. The van der Waals surface area contributed by atoms with E-state index < -0.39 is 12.2 Å². The zero-order valence-electron chi connectivity index (χ0n) is 15.4. The second-order valence-electron chi connectivity index (χ2n) is 5.95. The molecule has 0 bridgehead atoms. The number of benzene rings is 1. The van der Waals surface area contributed by atoms with Crippen molar-refractivity contribution in [3.05, 3.63) is 35.7 Å². The molecule has 0 spiro atoms. The summed E-state index contributed by atoms with van der Waals surface area (Å²) in [6, 6.07) is 5.92. The van der Waals surface area contributed by atoms with Crippen molar-refractivity contribution in [2.24, 2.45) is 5.73 Å². The van der Waals surface area contributed by atoms with Gasteiger partial charge in [-0.3, -0.25) is 4.79 Å². The molecule has 0 saturated carbocycles. The standard InChI is InChI=1S/C17H23F2N5O2.ClH/c1-4-17(5-2,10-20)21-15(25)14-11(3)24(23-22-14)12-6-8-13(9-7-12)26-16(18)19;/h6-9,16H,4-5,10,20H2,1-3H3,(H,21,25);1H. The Bertz CT molecular complexity index is 740. The number of ether oxygens (including phenoxy) is 1. The Kier molecular flexibility index (Phi) is 8.11. The smallest absolute Gasteiger partial charge is 0.387 e. The van der Waals surface area contributed by atoms with E-state index in [1.54, 1.807) is 19.1 Å². The van der Waals surface area contributed by atoms with E-state index in [0.29, 0.717) is 30.8 Å². The van der Waals surface area contributed by atoms with Crippen molar-refractivity contribution in [3.8, 4) is 11.4 Å². The van der Waals surface area contributed by atoms with Gasteiger partial charge in [-0.15, -0.1) is 17.5 Å². The number of nitrogens with one attached hydrogen (secondary N) is 1. The van der Waals surface area contributed by atoms with Gasteiger partial charge in [0.25, 0.3) is 5.91 Å². The van der Waals surface area contributed by atoms with E-state index in [9.17, 15) is 13.6 Å². The normalized spacial score (nSPS) is 11.2. The number of nitrogens with two attached hydrogens (primary N) is 1. The molecule has 2 rings (SSSR count). The molecule has 1 aromatic carbocycles. The first-order valence-electron chi connectivity index (χ1n) is 8.36. The van der Waals surface area contributed by atoms with Gasteiger partial charge in [-0.1, -0.05) is 19.1 Å². The summed E-state index contributed by atoms with van der Waals surface area (Å²) in [7, 11) is 0. The molecule has 0 saturated heterocycles. The van der Waals surface area contributed by atoms with Crippen LogP contribution in [0.5, 0.6) is 5.75 Å². The summed E-state index contributed by atoms with van der Waals surface area (Å²) in [5, 5.41) is 10.9. The highest BCUT2D eigenvalue weighted by Crippen LogP contribution is 2.19. The summed E-state index contributed by atoms with van der Waals surface area (Å²) < 4.78 is 30.2. The molecule has 0 aliphatic rings. The highest BCUT2D eigenvalue weighted by atomic mass is 35.5. The SMILES string of the molecule is CCC(CC)(CN)NC(=O)c1nnn(-c2ccc(OC(F)F)cc2)c1C.Cl. The van der Waals surface area contributed by atoms with Crippen LogP contribution in [0.2, 0.25) is 0 Å². The largest absolute Gasteiger partial charge is 0.435 e. The molecular weight excluding hydrogens is 380 g/mol. The molecule has 27 heavy (non-hydrogen) atoms. The molecule has 0 radical (unpaired) electrons. The molecule has 3 N–H and O–H groups in total. The fourth-order valence-electron chi connectivity index (χ4n) is 2.62. The Morgan fingerprint density at radius 2 is 1.89 bits per heavy atom. The third-order valence-electron chi connectivity index (χ3n) is 4.54. The van der Waals surface area contributed by atoms with E-state index in [0.717, 1.165) is 0 Å². The predicted octanol–water partition coefficient (Wildman–Crippen LogP) is 2.85. The fourth-order valence-corrected chi connectivity index (χ4v) is 2.62. The lowest BCUT2D eigenvalue weighted by atomic mass is 9.92. The number of carbonyl (C=O) groups excluding carboxylic acids is 1. The monoisotopic (exact) mass is 403 g/mol. The topological polar surface area (TPSA) is 95.1 Å². The van der Waals surface area contributed by atoms with Gasteiger partial charge in [0.05, 0.1) is 16.9 Å². The Morgan fingerprint density at radius 1 is 1.30 bits per heavy atom. The Morgan fingerprint density at radius 3 is 2.37 bits per heavy atom. The maximum absolute atomic E-state index is 12.6. The van der Waals surface area contributed by atoms with E-state index in [4.69, 9.17) is 5.73 Å². The van der Waals surface area contributed by atoms with Crippen LogP contribution in [0.4, 0.5) is 8.78 Å². The van der Waals surface area contributed by atoms with Crippen LogP contribution in [0.3, 0.4) is 0 Å². The Labute approximate surface area is 162 Å². The van der Waals surface area contributed by atoms with Crippen LogP contribution >= 0.6 is 12.4 Å². The van der Waals surface area contributed by atoms with Crippen LogP contribution in [0.25, 0.3) is 5.69 Å². The van der Waals surface area contributed by atoms with Gasteiger partial charge in [0.15, 0.2) is 5.69 Å². The number of nitrogens with zero attached hydrogens (tertiary/aromatic N) is 3. The second-order valence-corrected chi connectivity index (χ2v) is 5.95. The molecule has 10 heteroatoms. The van der Waals surface area contributed by atoms with Gasteiger partial charge < -0.3 is 15.8 Å². The first-order valence-corrected chi connectivity index (χ1v) is 8.36. The molecule has 0 atom stereocenters. The van der Waals surface area contributed by atoms with Crippen molar-refractivity contribution in [2.45, 2.75) is 45.8 Å². The molecule has 1 aromatic heterocycles. The molecule has 2 aromatic rings. The lowest BCUT2D eigenvalue weighted by Crippen LogP contribution is -2.53. The Balaban J connectivity index is 0.00000364. The first-order chi connectivity index (χ1) is 12.4. The van der Waals surface area contributed by atoms with Crippen molar-refractivity contribution in [3.63, 3.8) is 0 Å². The third-order valence-corrected chi connectivity index (χ3v) is 4.54. The van der Waals surface area contributed by atoms with Gasteiger partial charge in [-0.2, -0.15) is 8.78 Å². The lowest BCUT2D eigenvalue weighted by Gasteiger charge is -2.31. The first kappa shape index (κ1) is 22.8. The van der Waals surface area contributed by atoms with Crippen LogP contribution in [0.1, 0.15) is 42.9 Å². The number of carbonyl (C=O) groups is 1. The van der Waals surface area contributed by atoms with Gasteiger partial charge in [0.2, 0.25) is 0 Å².